The lowest BCUT2D eigenvalue weighted by molar-refractivity contribution is -0.201. The lowest BCUT2D eigenvalue weighted by Crippen LogP contribution is -2.37. The van der Waals surface area contributed by atoms with Gasteiger partial charge in [0.2, 0.25) is 0 Å². The van der Waals surface area contributed by atoms with Crippen LogP contribution in [0.25, 0.3) is 0 Å². The first-order chi connectivity index (χ1) is 13.0. The van der Waals surface area contributed by atoms with Crippen LogP contribution in [0.5, 0.6) is 0 Å². The number of rotatable bonds is 4. The Bertz CT molecular complexity index is 909. The van der Waals surface area contributed by atoms with Crippen LogP contribution in [0, 0.1) is 12.3 Å². The molecular weight excluding hydrogens is 372 g/mol. The third-order valence-corrected chi connectivity index (χ3v) is 4.30. The number of aromatic amines is 1. The van der Waals surface area contributed by atoms with Gasteiger partial charge in [0.25, 0.3) is 5.56 Å². The predicted molar refractivity (Wildman–Crippen MR) is 94.4 cm³/mol. The minimum Gasteiger partial charge on any atom is -0.431 e. The minimum absolute atomic E-state index is 0.200. The Labute approximate surface area is 160 Å². The second-order valence-electron chi connectivity index (χ2n) is 7.46. The molecule has 0 radical (unpaired) electrons. The van der Waals surface area contributed by atoms with Crippen LogP contribution in [0.4, 0.5) is 4.79 Å². The second kappa shape index (κ2) is 7.09. The number of carbonyl (C=O) groups is 1. The molecule has 152 valence electrons. The molecule has 0 aliphatic carbocycles. The lowest BCUT2D eigenvalue weighted by atomic mass is 10.1. The minimum atomic E-state index is -1.11. The van der Waals surface area contributed by atoms with Gasteiger partial charge < -0.3 is 23.7 Å². The van der Waals surface area contributed by atoms with Crippen molar-refractivity contribution in [2.24, 2.45) is 0 Å². The number of hydrogen-bond donors (Lipinski definition) is 1. The number of fused-ring (bicyclic) bond motifs is 1. The Kier molecular flexibility index (Phi) is 5.10. The van der Waals surface area contributed by atoms with Gasteiger partial charge in [-0.2, -0.15) is 0 Å². The largest absolute Gasteiger partial charge is 0.509 e. The van der Waals surface area contributed by atoms with Crippen molar-refractivity contribution < 1.29 is 28.5 Å². The highest BCUT2D eigenvalue weighted by Crippen LogP contribution is 2.42. The fourth-order valence-corrected chi connectivity index (χ4v) is 3.06. The maximum atomic E-state index is 12.1. The number of nitrogens with one attached hydrogen (secondary N) is 1. The summed E-state index contributed by atoms with van der Waals surface area (Å²) in [4.78, 5) is 37.5. The zero-order valence-corrected chi connectivity index (χ0v) is 16.0. The Morgan fingerprint density at radius 2 is 2.04 bits per heavy atom. The zero-order chi connectivity index (χ0) is 20.7. The summed E-state index contributed by atoms with van der Waals surface area (Å²) in [5.41, 5.74) is -2.29. The molecule has 0 unspecified atom stereocenters. The van der Waals surface area contributed by atoms with E-state index in [2.05, 4.69) is 10.9 Å². The van der Waals surface area contributed by atoms with E-state index in [-0.39, 0.29) is 6.61 Å². The van der Waals surface area contributed by atoms with Crippen LogP contribution in [-0.4, -0.2) is 52.0 Å². The first-order valence-electron chi connectivity index (χ1n) is 8.67. The third-order valence-electron chi connectivity index (χ3n) is 4.30. The van der Waals surface area contributed by atoms with Gasteiger partial charge >= 0.3 is 11.8 Å². The van der Waals surface area contributed by atoms with Gasteiger partial charge in [-0.25, -0.2) is 9.59 Å². The lowest BCUT2D eigenvalue weighted by Gasteiger charge is -2.25. The normalized spacial score (nSPS) is 28.4. The molecule has 10 nitrogen and oxygen atoms in total. The van der Waals surface area contributed by atoms with Gasteiger partial charge in [0.05, 0.1) is 0 Å². The van der Waals surface area contributed by atoms with Gasteiger partial charge in [0.1, 0.15) is 24.9 Å². The number of ether oxygens (including phenoxy) is 5. The highest BCUT2D eigenvalue weighted by molar-refractivity contribution is 5.61. The number of terminal acetylenes is 1. The first-order valence-corrected chi connectivity index (χ1v) is 8.67. The molecule has 2 fully saturated rings. The molecule has 0 aromatic carbocycles. The van der Waals surface area contributed by atoms with Gasteiger partial charge in [-0.05, 0) is 27.7 Å². The topological polar surface area (TPSA) is 118 Å². The van der Waals surface area contributed by atoms with Gasteiger partial charge in [0, 0.05) is 12.3 Å². The maximum Gasteiger partial charge on any atom is 0.509 e. The molecule has 0 bridgehead atoms. The van der Waals surface area contributed by atoms with Crippen LogP contribution in [0.3, 0.4) is 0 Å². The molecule has 1 N–H and O–H groups in total. The van der Waals surface area contributed by atoms with Gasteiger partial charge in [-0.15, -0.1) is 6.42 Å². The summed E-state index contributed by atoms with van der Waals surface area (Å²) in [6.07, 6.45) is 2.79. The highest BCUT2D eigenvalue weighted by Gasteiger charge is 2.56. The van der Waals surface area contributed by atoms with Crippen molar-refractivity contribution in [1.82, 2.24) is 9.55 Å². The number of carbonyl (C=O) groups excluding carboxylic acids is 1. The standard InChI is InChI=1S/C18H22N2O8/c1-6-17(2,3)28-16(23)24-9-10-12-13(27-18(4,5)26-12)14(25-10)20-8-7-11(21)19-15(20)22/h1,7-8,10,12-14H,9H2,2-5H3,(H,19,21,22)/t10-,12-,13-,14-/m1/s1. The number of hydrogen-bond acceptors (Lipinski definition) is 8. The van der Waals surface area contributed by atoms with E-state index in [0.29, 0.717) is 0 Å². The summed E-state index contributed by atoms with van der Waals surface area (Å²) >= 11 is 0. The molecule has 4 atom stereocenters. The molecule has 3 rings (SSSR count). The van der Waals surface area contributed by atoms with E-state index in [9.17, 15) is 14.4 Å². The van der Waals surface area contributed by atoms with Crippen molar-refractivity contribution in [2.45, 2.75) is 63.6 Å². The summed E-state index contributed by atoms with van der Waals surface area (Å²) in [5.74, 6) is 1.40. The van der Waals surface area contributed by atoms with Crippen molar-refractivity contribution in [3.05, 3.63) is 33.1 Å². The van der Waals surface area contributed by atoms with Gasteiger partial charge in [-0.3, -0.25) is 14.3 Å². The van der Waals surface area contributed by atoms with E-state index in [1.54, 1.807) is 27.7 Å². The quantitative estimate of drug-likeness (QED) is 0.580. The molecule has 0 spiro atoms. The SMILES string of the molecule is C#CC(C)(C)OC(=O)OC[C@H]1O[C@@H](n2ccc(=O)[nH]c2=O)[C@@H]2OC(C)(C)O[C@@H]21. The van der Waals surface area contributed by atoms with E-state index in [0.717, 1.165) is 0 Å². The molecule has 10 heteroatoms. The molecule has 2 aliphatic heterocycles. The summed E-state index contributed by atoms with van der Waals surface area (Å²) < 4.78 is 28.9. The summed E-state index contributed by atoms with van der Waals surface area (Å²) in [7, 11) is 0. The fraction of sp³-hybridized carbons (Fsp3) is 0.611. The Hall–Kier alpha value is -2.61. The van der Waals surface area contributed by atoms with Crippen molar-refractivity contribution in [1.29, 1.82) is 0 Å². The monoisotopic (exact) mass is 394 g/mol. The van der Waals surface area contributed by atoms with Crippen LogP contribution < -0.4 is 11.2 Å². The van der Waals surface area contributed by atoms with Crippen LogP contribution in [-0.2, 0) is 23.7 Å². The zero-order valence-electron chi connectivity index (χ0n) is 16.0. The van der Waals surface area contributed by atoms with Gasteiger partial charge in [0.15, 0.2) is 17.6 Å². The van der Waals surface area contributed by atoms with E-state index in [4.69, 9.17) is 30.1 Å². The Morgan fingerprint density at radius 3 is 2.68 bits per heavy atom. The molecule has 3 heterocycles. The average molecular weight is 394 g/mol. The summed E-state index contributed by atoms with van der Waals surface area (Å²) in [6.45, 7) is 6.34. The van der Waals surface area contributed by atoms with E-state index < -0.39 is 53.3 Å². The van der Waals surface area contributed by atoms with Crippen molar-refractivity contribution in [3.63, 3.8) is 0 Å². The molecule has 2 aliphatic rings. The Balaban J connectivity index is 1.76. The van der Waals surface area contributed by atoms with Crippen LogP contribution in [0.15, 0.2) is 21.9 Å². The maximum absolute atomic E-state index is 12.1. The van der Waals surface area contributed by atoms with Crippen molar-refractivity contribution in [3.8, 4) is 12.3 Å². The molecule has 1 aromatic rings. The predicted octanol–water partition coefficient (Wildman–Crippen LogP) is 0.519. The van der Waals surface area contributed by atoms with Crippen LogP contribution in [0.1, 0.15) is 33.9 Å². The van der Waals surface area contributed by atoms with E-state index in [1.165, 1.54) is 16.8 Å². The van der Waals surface area contributed by atoms with Crippen LogP contribution in [0.2, 0.25) is 0 Å². The second-order valence-corrected chi connectivity index (χ2v) is 7.46. The highest BCUT2D eigenvalue weighted by atomic mass is 16.8. The number of nitrogens with zero attached hydrogens (tertiary/aromatic N) is 1. The number of aromatic nitrogens is 2. The molecule has 2 saturated heterocycles. The van der Waals surface area contributed by atoms with Crippen LogP contribution >= 0.6 is 0 Å². The molecule has 0 amide bonds. The van der Waals surface area contributed by atoms with Crippen molar-refractivity contribution >= 4 is 6.16 Å². The molecule has 0 saturated carbocycles. The smallest absolute Gasteiger partial charge is 0.431 e. The van der Waals surface area contributed by atoms with E-state index >= 15 is 0 Å². The Morgan fingerprint density at radius 1 is 1.36 bits per heavy atom. The third kappa shape index (κ3) is 4.11. The van der Waals surface area contributed by atoms with Crippen molar-refractivity contribution in [2.75, 3.05) is 6.61 Å². The fourth-order valence-electron chi connectivity index (χ4n) is 3.06. The molecule has 28 heavy (non-hydrogen) atoms. The summed E-state index contributed by atoms with van der Waals surface area (Å²) in [6, 6.07) is 1.20. The molecular formula is C18H22N2O8. The average Bonchev–Trinajstić information content (AvgIpc) is 3.06. The number of H-pyrrole nitrogens is 1. The van der Waals surface area contributed by atoms with Gasteiger partial charge in [-0.1, -0.05) is 5.92 Å². The molecule has 1 aromatic heterocycles. The first kappa shape index (κ1) is 20.1. The van der Waals surface area contributed by atoms with E-state index in [1.807, 2.05) is 0 Å². The summed E-state index contributed by atoms with van der Waals surface area (Å²) in [5, 5.41) is 0.